The SMILES string of the molecule is COC(=O)c1ccc(NC(=O)c2cccn(OCc3ccccc3F)c2=O)cc1. The summed E-state index contributed by atoms with van der Waals surface area (Å²) in [5.74, 6) is -1.60. The van der Waals surface area contributed by atoms with E-state index in [1.807, 2.05) is 0 Å². The van der Waals surface area contributed by atoms with Crippen LogP contribution in [0, 0.1) is 5.82 Å². The normalized spacial score (nSPS) is 10.3. The molecule has 0 aliphatic rings. The van der Waals surface area contributed by atoms with Crippen LogP contribution in [0.25, 0.3) is 0 Å². The lowest BCUT2D eigenvalue weighted by atomic mass is 10.2. The predicted molar refractivity (Wildman–Crippen MR) is 103 cm³/mol. The molecule has 0 saturated heterocycles. The number of rotatable bonds is 6. The van der Waals surface area contributed by atoms with Crippen LogP contribution in [0.15, 0.2) is 71.7 Å². The van der Waals surface area contributed by atoms with E-state index in [1.54, 1.807) is 12.1 Å². The van der Waals surface area contributed by atoms with Gasteiger partial charge in [0.05, 0.1) is 12.7 Å². The van der Waals surface area contributed by atoms with Crippen LogP contribution in [0.2, 0.25) is 0 Å². The summed E-state index contributed by atoms with van der Waals surface area (Å²) in [5.41, 5.74) is 0.157. The molecule has 0 saturated carbocycles. The van der Waals surface area contributed by atoms with Gasteiger partial charge in [0.25, 0.3) is 11.5 Å². The van der Waals surface area contributed by atoms with Crippen molar-refractivity contribution in [2.75, 3.05) is 12.4 Å². The Balaban J connectivity index is 1.73. The number of aromatic nitrogens is 1. The number of nitrogens with zero attached hydrogens (tertiary/aromatic N) is 1. The summed E-state index contributed by atoms with van der Waals surface area (Å²) in [5, 5.41) is 2.57. The van der Waals surface area contributed by atoms with E-state index in [0.717, 1.165) is 4.73 Å². The van der Waals surface area contributed by atoms with Crippen LogP contribution in [0.3, 0.4) is 0 Å². The lowest BCUT2D eigenvalue weighted by Gasteiger charge is -2.11. The van der Waals surface area contributed by atoms with E-state index >= 15 is 0 Å². The third-order valence-corrected chi connectivity index (χ3v) is 4.04. The zero-order valence-electron chi connectivity index (χ0n) is 15.4. The Morgan fingerprint density at radius 3 is 2.45 bits per heavy atom. The first kappa shape index (κ1) is 19.8. The van der Waals surface area contributed by atoms with E-state index in [-0.39, 0.29) is 17.7 Å². The van der Waals surface area contributed by atoms with E-state index in [1.165, 1.54) is 61.8 Å². The van der Waals surface area contributed by atoms with Crippen molar-refractivity contribution in [3.05, 3.63) is 99.7 Å². The number of esters is 1. The summed E-state index contributed by atoms with van der Waals surface area (Å²) in [6, 6.07) is 14.9. The Kier molecular flexibility index (Phi) is 6.03. The van der Waals surface area contributed by atoms with Gasteiger partial charge in [-0.05, 0) is 42.5 Å². The maximum atomic E-state index is 13.7. The number of halogens is 1. The van der Waals surface area contributed by atoms with Crippen molar-refractivity contribution in [3.8, 4) is 0 Å². The Hall–Kier alpha value is -3.94. The number of carbonyl (C=O) groups is 2. The maximum Gasteiger partial charge on any atom is 0.337 e. The molecule has 1 aromatic heterocycles. The Labute approximate surface area is 165 Å². The summed E-state index contributed by atoms with van der Waals surface area (Å²) in [6.45, 7) is -0.174. The summed E-state index contributed by atoms with van der Waals surface area (Å²) in [6.07, 6.45) is 1.34. The third kappa shape index (κ3) is 4.67. The van der Waals surface area contributed by atoms with Crippen LogP contribution in [0.1, 0.15) is 26.3 Å². The molecule has 0 radical (unpaired) electrons. The number of carbonyl (C=O) groups excluding carboxylic acids is 2. The number of hydrogen-bond acceptors (Lipinski definition) is 5. The topological polar surface area (TPSA) is 86.6 Å². The number of methoxy groups -OCH3 is 1. The van der Waals surface area contributed by atoms with Gasteiger partial charge in [0.2, 0.25) is 0 Å². The van der Waals surface area contributed by atoms with Gasteiger partial charge in [-0.1, -0.05) is 18.2 Å². The molecule has 0 unspecified atom stereocenters. The molecule has 29 heavy (non-hydrogen) atoms. The fourth-order valence-corrected chi connectivity index (χ4v) is 2.51. The highest BCUT2D eigenvalue weighted by atomic mass is 19.1. The molecule has 1 N–H and O–H groups in total. The number of amides is 1. The number of benzene rings is 2. The van der Waals surface area contributed by atoms with Gasteiger partial charge in [-0.2, -0.15) is 4.73 Å². The molecule has 8 heteroatoms. The van der Waals surface area contributed by atoms with Crippen LogP contribution in [0.5, 0.6) is 0 Å². The van der Waals surface area contributed by atoms with E-state index in [0.29, 0.717) is 11.3 Å². The van der Waals surface area contributed by atoms with Crippen LogP contribution < -0.4 is 15.7 Å². The number of nitrogens with one attached hydrogen (secondary N) is 1. The highest BCUT2D eigenvalue weighted by molar-refractivity contribution is 6.04. The molecule has 0 bridgehead atoms. The van der Waals surface area contributed by atoms with Crippen LogP contribution in [-0.2, 0) is 11.3 Å². The van der Waals surface area contributed by atoms with Crippen molar-refractivity contribution in [3.63, 3.8) is 0 Å². The predicted octanol–water partition coefficient (Wildman–Crippen LogP) is 2.66. The number of pyridine rings is 1. The van der Waals surface area contributed by atoms with E-state index in [9.17, 15) is 18.8 Å². The van der Waals surface area contributed by atoms with Crippen molar-refractivity contribution in [2.24, 2.45) is 0 Å². The van der Waals surface area contributed by atoms with E-state index in [2.05, 4.69) is 10.1 Å². The molecule has 3 rings (SSSR count). The van der Waals surface area contributed by atoms with Gasteiger partial charge in [0.1, 0.15) is 18.0 Å². The molecule has 0 aliphatic heterocycles. The highest BCUT2D eigenvalue weighted by Gasteiger charge is 2.14. The van der Waals surface area contributed by atoms with Gasteiger partial charge in [0, 0.05) is 17.4 Å². The second-order valence-electron chi connectivity index (χ2n) is 5.94. The molecule has 2 aromatic carbocycles. The standard InChI is InChI=1S/C21H17FN2O5/c1-28-21(27)14-8-10-16(11-9-14)23-19(25)17-6-4-12-24(20(17)26)29-13-15-5-2-3-7-18(15)22/h2-12H,13H2,1H3,(H,23,25). The zero-order chi connectivity index (χ0) is 20.8. The Morgan fingerprint density at radius 1 is 1.03 bits per heavy atom. The Morgan fingerprint density at radius 2 is 1.76 bits per heavy atom. The fraction of sp³-hybridized carbons (Fsp3) is 0.0952. The minimum absolute atomic E-state index is 0.155. The third-order valence-electron chi connectivity index (χ3n) is 4.04. The summed E-state index contributed by atoms with van der Waals surface area (Å²) in [7, 11) is 1.27. The van der Waals surface area contributed by atoms with E-state index < -0.39 is 23.3 Å². The number of ether oxygens (including phenoxy) is 1. The maximum absolute atomic E-state index is 13.7. The summed E-state index contributed by atoms with van der Waals surface area (Å²) < 4.78 is 19.2. The van der Waals surface area contributed by atoms with Crippen LogP contribution in [-0.4, -0.2) is 23.7 Å². The first-order chi connectivity index (χ1) is 14.0. The number of hydrogen-bond donors (Lipinski definition) is 1. The average molecular weight is 396 g/mol. The van der Waals surface area contributed by atoms with E-state index in [4.69, 9.17) is 4.84 Å². The van der Waals surface area contributed by atoms with Gasteiger partial charge in [0.15, 0.2) is 0 Å². The first-order valence-corrected chi connectivity index (χ1v) is 8.57. The highest BCUT2D eigenvalue weighted by Crippen LogP contribution is 2.11. The second-order valence-corrected chi connectivity index (χ2v) is 5.94. The van der Waals surface area contributed by atoms with Crippen LogP contribution >= 0.6 is 0 Å². The molecule has 7 nitrogen and oxygen atoms in total. The molecule has 0 aliphatic carbocycles. The molecule has 1 amide bonds. The molecule has 3 aromatic rings. The van der Waals surface area contributed by atoms with Crippen LogP contribution in [0.4, 0.5) is 10.1 Å². The first-order valence-electron chi connectivity index (χ1n) is 8.57. The largest absolute Gasteiger partial charge is 0.465 e. The minimum atomic E-state index is -0.687. The molecule has 0 spiro atoms. The zero-order valence-corrected chi connectivity index (χ0v) is 15.4. The van der Waals surface area contributed by atoms with Gasteiger partial charge < -0.3 is 14.9 Å². The van der Waals surface area contributed by atoms with Gasteiger partial charge in [-0.15, -0.1) is 0 Å². The molecule has 0 atom stereocenters. The molecule has 148 valence electrons. The lowest BCUT2D eigenvalue weighted by molar-refractivity contribution is 0.0600. The monoisotopic (exact) mass is 396 g/mol. The second kappa shape index (κ2) is 8.83. The smallest absolute Gasteiger partial charge is 0.337 e. The molecule has 0 fully saturated rings. The van der Waals surface area contributed by atoms with Crippen molar-refractivity contribution in [1.82, 2.24) is 4.73 Å². The van der Waals surface area contributed by atoms with Crippen molar-refractivity contribution in [2.45, 2.75) is 6.61 Å². The van der Waals surface area contributed by atoms with Crippen molar-refractivity contribution >= 4 is 17.6 Å². The lowest BCUT2D eigenvalue weighted by Crippen LogP contribution is -2.32. The van der Waals surface area contributed by atoms with Gasteiger partial charge >= 0.3 is 5.97 Å². The van der Waals surface area contributed by atoms with Crippen molar-refractivity contribution < 1.29 is 23.6 Å². The molecular weight excluding hydrogens is 379 g/mol. The van der Waals surface area contributed by atoms with Gasteiger partial charge in [-0.3, -0.25) is 9.59 Å². The number of anilines is 1. The molecular formula is C21H17FN2O5. The molecule has 1 heterocycles. The summed E-state index contributed by atoms with van der Waals surface area (Å²) >= 11 is 0. The van der Waals surface area contributed by atoms with Gasteiger partial charge in [-0.25, -0.2) is 9.18 Å². The van der Waals surface area contributed by atoms with Crippen molar-refractivity contribution in [1.29, 1.82) is 0 Å². The fourth-order valence-electron chi connectivity index (χ4n) is 2.51. The quantitative estimate of drug-likeness (QED) is 0.648. The summed E-state index contributed by atoms with van der Waals surface area (Å²) in [4.78, 5) is 41.7. The minimum Gasteiger partial charge on any atom is -0.465 e. The Bertz CT molecular complexity index is 1090. The average Bonchev–Trinajstić information content (AvgIpc) is 2.74.